The van der Waals surface area contributed by atoms with Crippen molar-refractivity contribution in [1.29, 1.82) is 0 Å². The second-order valence-corrected chi connectivity index (χ2v) is 5.19. The van der Waals surface area contributed by atoms with Gasteiger partial charge in [0.05, 0.1) is 5.02 Å². The number of benzene rings is 1. The lowest BCUT2D eigenvalue weighted by atomic mass is 9.98. The molecule has 0 saturated carbocycles. The molecule has 2 N–H and O–H groups in total. The molecular weight excluding hydrogens is 328 g/mol. The Bertz CT molecular complexity index is 471. The Morgan fingerprint density at radius 2 is 1.95 bits per heavy atom. The average molecular weight is 345 g/mol. The maximum atomic E-state index is 14.1. The van der Waals surface area contributed by atoms with Gasteiger partial charge in [-0.1, -0.05) is 17.7 Å². The van der Waals surface area contributed by atoms with Gasteiger partial charge in [0.15, 0.2) is 0 Å². The molecule has 8 heteroatoms. The summed E-state index contributed by atoms with van der Waals surface area (Å²) in [7, 11) is 0. The topological polar surface area (TPSA) is 35.5 Å². The molecule has 21 heavy (non-hydrogen) atoms. The fourth-order valence-corrected chi connectivity index (χ4v) is 2.55. The molecule has 120 valence electrons. The quantitative estimate of drug-likeness (QED) is 0.880. The van der Waals surface area contributed by atoms with Gasteiger partial charge in [-0.15, -0.1) is 12.4 Å². The molecule has 1 heterocycles. The van der Waals surface area contributed by atoms with E-state index in [1.54, 1.807) is 4.90 Å². The number of rotatable bonds is 4. The van der Waals surface area contributed by atoms with Crippen LogP contribution in [0.5, 0.6) is 0 Å². The van der Waals surface area contributed by atoms with Crippen molar-refractivity contribution in [1.82, 2.24) is 10.2 Å². The van der Waals surface area contributed by atoms with Crippen LogP contribution in [-0.4, -0.2) is 48.7 Å². The molecule has 1 aliphatic rings. The molecule has 0 radical (unpaired) electrons. The Hall–Kier alpha value is -0.530. The molecule has 0 aliphatic carbocycles. The standard InChI is InChI=1S/C13H16ClF3N2O.ClH/c14-10-2-1-9(7-11(10)15)12(13(16,17)8-20)19-5-3-18-4-6-19;/h1-2,7,12,18,20H,3-6,8H2;1H/t12-;/m1./s1. The van der Waals surface area contributed by atoms with Gasteiger partial charge in [-0.25, -0.2) is 13.2 Å². The number of aliphatic hydroxyl groups is 1. The van der Waals surface area contributed by atoms with Crippen molar-refractivity contribution >= 4 is 24.0 Å². The highest BCUT2D eigenvalue weighted by Gasteiger charge is 2.44. The van der Waals surface area contributed by atoms with Crippen molar-refractivity contribution in [3.63, 3.8) is 0 Å². The first kappa shape index (κ1) is 18.5. The van der Waals surface area contributed by atoms with Gasteiger partial charge in [0.25, 0.3) is 5.92 Å². The molecule has 0 bridgehead atoms. The Labute approximate surface area is 132 Å². The van der Waals surface area contributed by atoms with Crippen molar-refractivity contribution in [2.45, 2.75) is 12.0 Å². The number of nitrogens with zero attached hydrogens (tertiary/aromatic N) is 1. The van der Waals surface area contributed by atoms with Gasteiger partial charge < -0.3 is 10.4 Å². The molecule has 3 nitrogen and oxygen atoms in total. The van der Waals surface area contributed by atoms with E-state index in [1.807, 2.05) is 0 Å². The summed E-state index contributed by atoms with van der Waals surface area (Å²) in [5.74, 6) is -4.09. The van der Waals surface area contributed by atoms with Crippen LogP contribution >= 0.6 is 24.0 Å². The van der Waals surface area contributed by atoms with E-state index in [1.165, 1.54) is 12.1 Å². The van der Waals surface area contributed by atoms with Gasteiger partial charge in [0.2, 0.25) is 0 Å². The summed E-state index contributed by atoms with van der Waals surface area (Å²) >= 11 is 5.58. The minimum absolute atomic E-state index is 0. The van der Waals surface area contributed by atoms with Crippen molar-refractivity contribution in [2.75, 3.05) is 32.8 Å². The van der Waals surface area contributed by atoms with E-state index in [9.17, 15) is 13.2 Å². The molecule has 0 aromatic heterocycles. The van der Waals surface area contributed by atoms with Crippen LogP contribution in [0.15, 0.2) is 18.2 Å². The molecule has 2 rings (SSSR count). The van der Waals surface area contributed by atoms with Gasteiger partial charge in [-0.2, -0.15) is 0 Å². The molecule has 1 atom stereocenters. The molecule has 0 amide bonds. The zero-order valence-electron chi connectivity index (χ0n) is 11.2. The van der Waals surface area contributed by atoms with E-state index in [2.05, 4.69) is 5.32 Å². The van der Waals surface area contributed by atoms with Crippen LogP contribution in [0.1, 0.15) is 11.6 Å². The number of hydrogen-bond donors (Lipinski definition) is 2. The zero-order valence-corrected chi connectivity index (χ0v) is 12.7. The number of aliphatic hydroxyl groups excluding tert-OH is 1. The van der Waals surface area contributed by atoms with Gasteiger partial charge in [0, 0.05) is 26.2 Å². The minimum atomic E-state index is -3.35. The van der Waals surface area contributed by atoms with Crippen LogP contribution in [0, 0.1) is 5.82 Å². The zero-order chi connectivity index (χ0) is 14.8. The van der Waals surface area contributed by atoms with Crippen LogP contribution in [0.25, 0.3) is 0 Å². The maximum Gasteiger partial charge on any atom is 0.289 e. The van der Waals surface area contributed by atoms with E-state index in [0.29, 0.717) is 26.2 Å². The summed E-state index contributed by atoms with van der Waals surface area (Å²) in [5, 5.41) is 11.9. The summed E-state index contributed by atoms with van der Waals surface area (Å²) in [6, 6.07) is 2.29. The fraction of sp³-hybridized carbons (Fsp3) is 0.538. The monoisotopic (exact) mass is 344 g/mol. The number of hydrogen-bond acceptors (Lipinski definition) is 3. The van der Waals surface area contributed by atoms with Crippen LogP contribution in [0.4, 0.5) is 13.2 Å². The minimum Gasteiger partial charge on any atom is -0.390 e. The van der Waals surface area contributed by atoms with Crippen LogP contribution in [0.3, 0.4) is 0 Å². The van der Waals surface area contributed by atoms with E-state index < -0.39 is 24.4 Å². The van der Waals surface area contributed by atoms with E-state index in [0.717, 1.165) is 6.07 Å². The van der Waals surface area contributed by atoms with E-state index in [-0.39, 0.29) is 23.0 Å². The first-order chi connectivity index (χ1) is 9.45. The summed E-state index contributed by atoms with van der Waals surface area (Å²) in [6.07, 6.45) is 0. The third-order valence-corrected chi connectivity index (χ3v) is 3.69. The molecule has 1 aromatic rings. The summed E-state index contributed by atoms with van der Waals surface area (Å²) < 4.78 is 41.6. The Kier molecular flexibility index (Phi) is 6.74. The van der Waals surface area contributed by atoms with Crippen LogP contribution < -0.4 is 5.32 Å². The van der Waals surface area contributed by atoms with E-state index >= 15 is 0 Å². The first-order valence-electron chi connectivity index (χ1n) is 6.34. The number of nitrogens with one attached hydrogen (secondary N) is 1. The highest BCUT2D eigenvalue weighted by atomic mass is 35.5. The Balaban J connectivity index is 0.00000220. The third kappa shape index (κ3) is 4.23. The normalized spacial score (nSPS) is 18.1. The SMILES string of the molecule is Cl.OCC(F)(F)[C@@H](c1ccc(Cl)c(F)c1)N1CCNCC1. The molecule has 0 unspecified atom stereocenters. The second kappa shape index (κ2) is 7.65. The first-order valence-corrected chi connectivity index (χ1v) is 6.72. The van der Waals surface area contributed by atoms with Gasteiger partial charge >= 0.3 is 0 Å². The smallest absolute Gasteiger partial charge is 0.289 e. The highest BCUT2D eigenvalue weighted by Crippen LogP contribution is 2.37. The van der Waals surface area contributed by atoms with E-state index in [4.69, 9.17) is 16.7 Å². The Morgan fingerprint density at radius 3 is 2.48 bits per heavy atom. The lowest BCUT2D eigenvalue weighted by Gasteiger charge is -2.38. The fourth-order valence-electron chi connectivity index (χ4n) is 2.43. The van der Waals surface area contributed by atoms with Crippen LogP contribution in [-0.2, 0) is 0 Å². The van der Waals surface area contributed by atoms with Crippen molar-refractivity contribution < 1.29 is 18.3 Å². The molecule has 1 fully saturated rings. The average Bonchev–Trinajstić information content (AvgIpc) is 2.44. The van der Waals surface area contributed by atoms with Crippen molar-refractivity contribution in [2.24, 2.45) is 0 Å². The molecule has 1 aliphatic heterocycles. The Morgan fingerprint density at radius 1 is 1.33 bits per heavy atom. The van der Waals surface area contributed by atoms with Crippen LogP contribution in [0.2, 0.25) is 5.02 Å². The highest BCUT2D eigenvalue weighted by molar-refractivity contribution is 6.30. The largest absolute Gasteiger partial charge is 0.390 e. The molecule has 1 saturated heterocycles. The van der Waals surface area contributed by atoms with Crippen molar-refractivity contribution in [3.8, 4) is 0 Å². The molecule has 0 spiro atoms. The van der Waals surface area contributed by atoms with Crippen molar-refractivity contribution in [3.05, 3.63) is 34.6 Å². The molecule has 1 aromatic carbocycles. The summed E-state index contributed by atoms with van der Waals surface area (Å²) in [4.78, 5) is 1.55. The lowest BCUT2D eigenvalue weighted by molar-refractivity contribution is -0.118. The third-order valence-electron chi connectivity index (χ3n) is 3.39. The predicted molar refractivity (Wildman–Crippen MR) is 77.9 cm³/mol. The number of halogens is 5. The number of piperazine rings is 1. The predicted octanol–water partition coefficient (Wildman–Crippen LogP) is 2.47. The second-order valence-electron chi connectivity index (χ2n) is 4.78. The number of alkyl halides is 2. The maximum absolute atomic E-state index is 14.1. The molecular formula is C13H17Cl2F3N2O. The lowest BCUT2D eigenvalue weighted by Crippen LogP contribution is -2.51. The van der Waals surface area contributed by atoms with Gasteiger partial charge in [-0.05, 0) is 17.7 Å². The summed E-state index contributed by atoms with van der Waals surface area (Å²) in [5.41, 5.74) is 0.118. The van der Waals surface area contributed by atoms with Gasteiger partial charge in [-0.3, -0.25) is 4.90 Å². The summed E-state index contributed by atoms with van der Waals surface area (Å²) in [6.45, 7) is 0.684. The van der Waals surface area contributed by atoms with Gasteiger partial charge in [0.1, 0.15) is 18.5 Å².